The number of hydrogen-bond donors (Lipinski definition) is 0. The first-order chi connectivity index (χ1) is 12.0. The van der Waals surface area contributed by atoms with Gasteiger partial charge in [0, 0.05) is 5.56 Å². The van der Waals surface area contributed by atoms with Crippen molar-refractivity contribution in [2.24, 2.45) is 0 Å². The summed E-state index contributed by atoms with van der Waals surface area (Å²) in [5.41, 5.74) is 1.22. The Morgan fingerprint density at radius 1 is 1.32 bits per heavy atom. The molecule has 0 aromatic heterocycles. The highest BCUT2D eigenvalue weighted by Crippen LogP contribution is 2.38. The summed E-state index contributed by atoms with van der Waals surface area (Å²) in [6.45, 7) is 6.23. The predicted octanol–water partition coefficient (Wildman–Crippen LogP) is 5.84. The molecule has 0 saturated heterocycles. The van der Waals surface area contributed by atoms with Crippen molar-refractivity contribution in [3.8, 4) is 17.6 Å². The lowest BCUT2D eigenvalue weighted by atomic mass is 10.0. The van der Waals surface area contributed by atoms with Crippen LogP contribution in [0, 0.1) is 17.1 Å². The number of hydrogen-bond acceptors (Lipinski definition) is 3. The van der Waals surface area contributed by atoms with Crippen LogP contribution < -0.4 is 9.47 Å². The van der Waals surface area contributed by atoms with Crippen molar-refractivity contribution in [2.45, 2.75) is 26.9 Å². The minimum Gasteiger partial charge on any atom is -0.490 e. The zero-order valence-corrected chi connectivity index (χ0v) is 15.9. The molecule has 0 aliphatic carbocycles. The molecule has 0 unspecified atom stereocenters. The van der Waals surface area contributed by atoms with Crippen molar-refractivity contribution in [1.82, 2.24) is 0 Å². The van der Waals surface area contributed by atoms with Crippen LogP contribution in [0.25, 0.3) is 11.6 Å². The quantitative estimate of drug-likeness (QED) is 0.449. The monoisotopic (exact) mass is 403 g/mol. The van der Waals surface area contributed by atoms with Crippen LogP contribution in [0.1, 0.15) is 31.9 Å². The molecule has 5 heteroatoms. The fraction of sp³-hybridized carbons (Fsp3) is 0.250. The first-order valence-electron chi connectivity index (χ1n) is 7.96. The molecular weight excluding hydrogens is 385 g/mol. The van der Waals surface area contributed by atoms with Crippen molar-refractivity contribution in [3.63, 3.8) is 0 Å². The minimum absolute atomic E-state index is 0.00928. The third-order valence-electron chi connectivity index (χ3n) is 3.28. The van der Waals surface area contributed by atoms with Crippen LogP contribution in [-0.2, 0) is 0 Å². The van der Waals surface area contributed by atoms with Gasteiger partial charge in [0.05, 0.1) is 28.8 Å². The van der Waals surface area contributed by atoms with E-state index in [1.807, 2.05) is 26.8 Å². The molecule has 3 nitrogen and oxygen atoms in total. The minimum atomic E-state index is -0.431. The maximum Gasteiger partial charge on any atom is 0.175 e. The molecular formula is C20H19BrFNO2. The lowest BCUT2D eigenvalue weighted by Gasteiger charge is -2.17. The highest BCUT2D eigenvalue weighted by Gasteiger charge is 2.14. The van der Waals surface area contributed by atoms with E-state index in [1.165, 1.54) is 6.07 Å². The smallest absolute Gasteiger partial charge is 0.175 e. The summed E-state index contributed by atoms with van der Waals surface area (Å²) in [6.07, 6.45) is 1.62. The third-order valence-corrected chi connectivity index (χ3v) is 3.87. The van der Waals surface area contributed by atoms with Crippen molar-refractivity contribution < 1.29 is 13.9 Å². The Morgan fingerprint density at radius 2 is 2.04 bits per heavy atom. The number of allylic oxidation sites excluding steroid dienone is 1. The van der Waals surface area contributed by atoms with E-state index in [9.17, 15) is 9.65 Å². The first kappa shape index (κ1) is 19.0. The van der Waals surface area contributed by atoms with E-state index in [-0.39, 0.29) is 17.2 Å². The largest absolute Gasteiger partial charge is 0.490 e. The van der Waals surface area contributed by atoms with Gasteiger partial charge in [0.1, 0.15) is 5.82 Å². The molecule has 0 amide bonds. The molecule has 0 N–H and O–H groups in total. The van der Waals surface area contributed by atoms with Crippen LogP contribution in [0.3, 0.4) is 0 Å². The molecule has 2 aromatic rings. The lowest BCUT2D eigenvalue weighted by Crippen LogP contribution is -2.08. The normalized spacial score (nSPS) is 11.3. The summed E-state index contributed by atoms with van der Waals surface area (Å²) in [5, 5.41) is 9.43. The summed E-state index contributed by atoms with van der Waals surface area (Å²) in [5.74, 6) is 0.750. The van der Waals surface area contributed by atoms with Crippen LogP contribution in [-0.4, -0.2) is 12.7 Å². The maximum absolute atomic E-state index is 14.0. The Morgan fingerprint density at radius 3 is 2.64 bits per heavy atom. The summed E-state index contributed by atoms with van der Waals surface area (Å²) in [4.78, 5) is 0. The highest BCUT2D eigenvalue weighted by molar-refractivity contribution is 9.10. The second-order valence-electron chi connectivity index (χ2n) is 5.58. The summed E-state index contributed by atoms with van der Waals surface area (Å²) in [6, 6.07) is 11.9. The second kappa shape index (κ2) is 8.68. The van der Waals surface area contributed by atoms with Crippen LogP contribution in [0.5, 0.6) is 11.5 Å². The van der Waals surface area contributed by atoms with E-state index < -0.39 is 5.82 Å². The number of halogens is 2. The van der Waals surface area contributed by atoms with Crippen molar-refractivity contribution in [2.75, 3.05) is 6.61 Å². The average Bonchev–Trinajstić information content (AvgIpc) is 2.56. The molecule has 0 heterocycles. The van der Waals surface area contributed by atoms with E-state index in [0.717, 1.165) is 0 Å². The van der Waals surface area contributed by atoms with E-state index in [1.54, 1.807) is 30.3 Å². The Hall–Kier alpha value is -2.32. The van der Waals surface area contributed by atoms with Gasteiger partial charge in [-0.2, -0.15) is 5.26 Å². The zero-order valence-electron chi connectivity index (χ0n) is 14.3. The second-order valence-corrected chi connectivity index (χ2v) is 6.43. The van der Waals surface area contributed by atoms with Gasteiger partial charge in [0.25, 0.3) is 0 Å². The van der Waals surface area contributed by atoms with Crippen LogP contribution >= 0.6 is 15.9 Å². The van der Waals surface area contributed by atoms with Gasteiger partial charge in [-0.15, -0.1) is 0 Å². The molecule has 25 heavy (non-hydrogen) atoms. The van der Waals surface area contributed by atoms with Gasteiger partial charge in [0.15, 0.2) is 11.5 Å². The molecule has 0 aliphatic heterocycles. The van der Waals surface area contributed by atoms with E-state index in [2.05, 4.69) is 22.0 Å². The molecule has 0 fully saturated rings. The van der Waals surface area contributed by atoms with Gasteiger partial charge in [-0.1, -0.05) is 18.2 Å². The number of nitriles is 1. The summed E-state index contributed by atoms with van der Waals surface area (Å²) < 4.78 is 26.1. The van der Waals surface area contributed by atoms with Gasteiger partial charge in [-0.3, -0.25) is 0 Å². The first-order valence-corrected chi connectivity index (χ1v) is 8.75. The van der Waals surface area contributed by atoms with Crippen LogP contribution in [0.4, 0.5) is 4.39 Å². The number of rotatable bonds is 6. The predicted molar refractivity (Wildman–Crippen MR) is 101 cm³/mol. The molecule has 0 radical (unpaired) electrons. The van der Waals surface area contributed by atoms with Crippen molar-refractivity contribution in [3.05, 3.63) is 57.8 Å². The Bertz CT molecular complexity index is 825. The molecule has 2 aromatic carbocycles. The van der Waals surface area contributed by atoms with Gasteiger partial charge < -0.3 is 9.47 Å². The Balaban J connectivity index is 2.52. The van der Waals surface area contributed by atoms with Crippen molar-refractivity contribution >= 4 is 27.6 Å². The third kappa shape index (κ3) is 4.83. The molecule has 0 aliphatic rings. The molecule has 0 atom stereocenters. The zero-order chi connectivity index (χ0) is 18.4. The Kier molecular flexibility index (Phi) is 6.60. The fourth-order valence-electron chi connectivity index (χ4n) is 2.30. The number of nitrogens with zero attached hydrogens (tertiary/aromatic N) is 1. The van der Waals surface area contributed by atoms with Gasteiger partial charge in [-0.25, -0.2) is 4.39 Å². The van der Waals surface area contributed by atoms with E-state index in [4.69, 9.17) is 9.47 Å². The van der Waals surface area contributed by atoms with Gasteiger partial charge >= 0.3 is 0 Å². The fourth-order valence-corrected chi connectivity index (χ4v) is 2.85. The van der Waals surface area contributed by atoms with Gasteiger partial charge in [-0.05, 0) is 66.5 Å². The SMILES string of the molecule is CCOc1cc(/C=C(/C#N)c2ccccc2F)cc(Br)c1OC(C)C. The van der Waals surface area contributed by atoms with Crippen LogP contribution in [0.15, 0.2) is 40.9 Å². The molecule has 2 rings (SSSR count). The Labute approximate surface area is 155 Å². The molecule has 130 valence electrons. The van der Waals surface area contributed by atoms with E-state index >= 15 is 0 Å². The highest BCUT2D eigenvalue weighted by atomic mass is 79.9. The summed E-state index contributed by atoms with van der Waals surface area (Å²) in [7, 11) is 0. The molecule has 0 saturated carbocycles. The van der Waals surface area contributed by atoms with Crippen LogP contribution in [0.2, 0.25) is 0 Å². The number of benzene rings is 2. The average molecular weight is 404 g/mol. The molecule has 0 spiro atoms. The standard InChI is InChI=1S/C20H19BrFNO2/c1-4-24-19-11-14(10-17(21)20(19)25-13(2)3)9-15(12-23)16-7-5-6-8-18(16)22/h5-11,13H,4H2,1-3H3/b15-9-. The maximum atomic E-state index is 14.0. The summed E-state index contributed by atoms with van der Waals surface area (Å²) >= 11 is 3.49. The van der Waals surface area contributed by atoms with E-state index in [0.29, 0.717) is 28.1 Å². The van der Waals surface area contributed by atoms with Gasteiger partial charge in [0.2, 0.25) is 0 Å². The topological polar surface area (TPSA) is 42.2 Å². The lowest BCUT2D eigenvalue weighted by molar-refractivity contribution is 0.222. The van der Waals surface area contributed by atoms with Crippen molar-refractivity contribution in [1.29, 1.82) is 5.26 Å². The number of ether oxygens (including phenoxy) is 2. The molecule has 0 bridgehead atoms.